The second-order valence-electron chi connectivity index (χ2n) is 6.63. The number of hydrogen-bond donors (Lipinski definition) is 1. The van der Waals surface area contributed by atoms with Crippen LogP contribution in [0.2, 0.25) is 0 Å². The number of imidazole rings is 1. The summed E-state index contributed by atoms with van der Waals surface area (Å²) in [6, 6.07) is 18.8. The van der Waals surface area contributed by atoms with Crippen LogP contribution in [0.5, 0.6) is 11.5 Å². The monoisotopic (exact) mass is 405 g/mol. The smallest absolute Gasteiger partial charge is 0.244 e. The molecule has 1 amide bonds. The fraction of sp³-hybridized carbons (Fsp3) is 0.130. The molecule has 4 rings (SSSR count). The number of anilines is 1. The van der Waals surface area contributed by atoms with Gasteiger partial charge in [-0.15, -0.1) is 0 Å². The van der Waals surface area contributed by atoms with E-state index in [9.17, 15) is 9.18 Å². The zero-order valence-electron chi connectivity index (χ0n) is 16.6. The predicted octanol–water partition coefficient (Wildman–Crippen LogP) is 4.50. The fourth-order valence-electron chi connectivity index (χ4n) is 3.29. The van der Waals surface area contributed by atoms with E-state index in [1.807, 2.05) is 28.8 Å². The first kappa shape index (κ1) is 19.4. The Hall–Kier alpha value is -3.87. The van der Waals surface area contributed by atoms with Gasteiger partial charge in [-0.25, -0.2) is 9.37 Å². The van der Waals surface area contributed by atoms with E-state index >= 15 is 0 Å². The van der Waals surface area contributed by atoms with E-state index in [-0.39, 0.29) is 18.3 Å². The number of amides is 1. The zero-order chi connectivity index (χ0) is 21.1. The van der Waals surface area contributed by atoms with Crippen LogP contribution >= 0.6 is 0 Å². The summed E-state index contributed by atoms with van der Waals surface area (Å²) in [4.78, 5) is 17.5. The number of halogens is 1. The van der Waals surface area contributed by atoms with E-state index in [1.54, 1.807) is 37.4 Å². The highest BCUT2D eigenvalue weighted by molar-refractivity contribution is 5.94. The standard InChI is InChI=1S/C23H20FN3O3/c1-29-17-11-12-19(21(13-17)30-2)25-22(28)14-27-20-6-4-3-5-18(20)26-23(27)15-7-9-16(24)10-8-15/h3-13H,14H2,1-2H3,(H,25,28). The molecule has 0 radical (unpaired) electrons. The Labute approximate surface area is 172 Å². The average molecular weight is 405 g/mol. The number of fused-ring (bicyclic) bond motifs is 1. The molecule has 0 spiro atoms. The van der Waals surface area contributed by atoms with Crippen LogP contribution in [0.3, 0.4) is 0 Å². The molecule has 7 heteroatoms. The summed E-state index contributed by atoms with van der Waals surface area (Å²) in [6.45, 7) is 0.0302. The van der Waals surface area contributed by atoms with Gasteiger partial charge in [-0.05, 0) is 48.5 Å². The molecule has 0 saturated carbocycles. The lowest BCUT2D eigenvalue weighted by molar-refractivity contribution is -0.116. The summed E-state index contributed by atoms with van der Waals surface area (Å²) in [7, 11) is 3.09. The third kappa shape index (κ3) is 3.82. The average Bonchev–Trinajstić information content (AvgIpc) is 3.13. The number of methoxy groups -OCH3 is 2. The number of carbonyl (C=O) groups excluding carboxylic acids is 1. The van der Waals surface area contributed by atoms with Crippen LogP contribution in [0.1, 0.15) is 0 Å². The van der Waals surface area contributed by atoms with Gasteiger partial charge in [-0.1, -0.05) is 12.1 Å². The Bertz CT molecular complexity index is 1200. The first-order chi connectivity index (χ1) is 14.6. The van der Waals surface area contributed by atoms with Crippen molar-refractivity contribution in [1.82, 2.24) is 9.55 Å². The fourth-order valence-corrected chi connectivity index (χ4v) is 3.29. The first-order valence-corrected chi connectivity index (χ1v) is 9.32. The zero-order valence-corrected chi connectivity index (χ0v) is 16.6. The minimum absolute atomic E-state index is 0.0302. The molecule has 4 aromatic rings. The lowest BCUT2D eigenvalue weighted by Crippen LogP contribution is -2.19. The highest BCUT2D eigenvalue weighted by atomic mass is 19.1. The molecule has 0 fully saturated rings. The number of nitrogens with one attached hydrogen (secondary N) is 1. The molecule has 152 valence electrons. The highest BCUT2D eigenvalue weighted by Gasteiger charge is 2.16. The minimum Gasteiger partial charge on any atom is -0.497 e. The van der Waals surface area contributed by atoms with Crippen LogP contribution < -0.4 is 14.8 Å². The molecule has 1 aromatic heterocycles. The van der Waals surface area contributed by atoms with Crippen LogP contribution in [0, 0.1) is 5.82 Å². The summed E-state index contributed by atoms with van der Waals surface area (Å²) in [5, 5.41) is 2.88. The predicted molar refractivity (Wildman–Crippen MR) is 113 cm³/mol. The molecule has 6 nitrogen and oxygen atoms in total. The van der Waals surface area contributed by atoms with Crippen molar-refractivity contribution < 1.29 is 18.7 Å². The molecule has 0 saturated heterocycles. The number of benzene rings is 3. The SMILES string of the molecule is COc1ccc(NC(=O)Cn2c(-c3ccc(F)cc3)nc3ccccc32)c(OC)c1. The van der Waals surface area contributed by atoms with E-state index in [1.165, 1.54) is 19.2 Å². The van der Waals surface area contributed by atoms with Gasteiger partial charge in [0.05, 0.1) is 30.9 Å². The largest absolute Gasteiger partial charge is 0.497 e. The molecule has 0 unspecified atom stereocenters. The van der Waals surface area contributed by atoms with Crippen LogP contribution in [0.4, 0.5) is 10.1 Å². The quantitative estimate of drug-likeness (QED) is 0.513. The second-order valence-corrected chi connectivity index (χ2v) is 6.63. The molecule has 1 heterocycles. The van der Waals surface area contributed by atoms with Gasteiger partial charge in [0.1, 0.15) is 29.7 Å². The first-order valence-electron chi connectivity index (χ1n) is 9.32. The Morgan fingerprint density at radius 1 is 1.03 bits per heavy atom. The van der Waals surface area contributed by atoms with Crippen LogP contribution in [-0.2, 0) is 11.3 Å². The van der Waals surface area contributed by atoms with Gasteiger partial charge >= 0.3 is 0 Å². The summed E-state index contributed by atoms with van der Waals surface area (Å²) in [5.41, 5.74) is 2.83. The lowest BCUT2D eigenvalue weighted by Gasteiger charge is -2.13. The molecule has 30 heavy (non-hydrogen) atoms. The lowest BCUT2D eigenvalue weighted by atomic mass is 10.2. The van der Waals surface area contributed by atoms with Gasteiger partial charge in [0.2, 0.25) is 5.91 Å². The Kier molecular flexibility index (Phi) is 5.34. The van der Waals surface area contributed by atoms with E-state index in [0.29, 0.717) is 23.0 Å². The van der Waals surface area contributed by atoms with Gasteiger partial charge in [-0.3, -0.25) is 4.79 Å². The van der Waals surface area contributed by atoms with Gasteiger partial charge in [0.25, 0.3) is 0 Å². The molecule has 0 aliphatic carbocycles. The molecular formula is C23H20FN3O3. The second kappa shape index (κ2) is 8.24. The van der Waals surface area contributed by atoms with Crippen molar-refractivity contribution >= 4 is 22.6 Å². The molecule has 0 aliphatic rings. The van der Waals surface area contributed by atoms with Gasteiger partial charge in [0.15, 0.2) is 0 Å². The number of ether oxygens (including phenoxy) is 2. The Morgan fingerprint density at radius 2 is 1.80 bits per heavy atom. The summed E-state index contributed by atoms with van der Waals surface area (Å²) in [6.07, 6.45) is 0. The third-order valence-corrected chi connectivity index (χ3v) is 4.74. The van der Waals surface area contributed by atoms with Gasteiger partial charge in [-0.2, -0.15) is 0 Å². The maximum absolute atomic E-state index is 13.4. The maximum Gasteiger partial charge on any atom is 0.244 e. The molecule has 0 aliphatic heterocycles. The van der Waals surface area contributed by atoms with Crippen LogP contribution in [0.25, 0.3) is 22.4 Å². The molecule has 1 N–H and O–H groups in total. The molecule has 0 bridgehead atoms. The normalized spacial score (nSPS) is 10.8. The summed E-state index contributed by atoms with van der Waals surface area (Å²) < 4.78 is 25.7. The number of para-hydroxylation sites is 2. The summed E-state index contributed by atoms with van der Waals surface area (Å²) >= 11 is 0. The Morgan fingerprint density at radius 3 is 2.53 bits per heavy atom. The van der Waals surface area contributed by atoms with E-state index in [4.69, 9.17) is 9.47 Å². The number of carbonyl (C=O) groups is 1. The van der Waals surface area contributed by atoms with Crippen molar-refractivity contribution in [3.05, 3.63) is 72.5 Å². The van der Waals surface area contributed by atoms with Crippen molar-refractivity contribution in [2.45, 2.75) is 6.54 Å². The summed E-state index contributed by atoms with van der Waals surface area (Å²) in [5.74, 6) is 1.14. The van der Waals surface area contributed by atoms with Gasteiger partial charge < -0.3 is 19.4 Å². The van der Waals surface area contributed by atoms with Crippen molar-refractivity contribution in [3.8, 4) is 22.9 Å². The highest BCUT2D eigenvalue weighted by Crippen LogP contribution is 2.30. The number of rotatable bonds is 6. The Balaban J connectivity index is 1.67. The van der Waals surface area contributed by atoms with E-state index in [0.717, 1.165) is 16.6 Å². The van der Waals surface area contributed by atoms with Crippen LogP contribution in [0.15, 0.2) is 66.7 Å². The van der Waals surface area contributed by atoms with Crippen LogP contribution in [-0.4, -0.2) is 29.7 Å². The third-order valence-electron chi connectivity index (χ3n) is 4.74. The van der Waals surface area contributed by atoms with Crippen molar-refractivity contribution in [1.29, 1.82) is 0 Å². The van der Waals surface area contributed by atoms with E-state index < -0.39 is 0 Å². The molecule has 0 atom stereocenters. The van der Waals surface area contributed by atoms with Crippen molar-refractivity contribution in [3.63, 3.8) is 0 Å². The number of nitrogens with zero attached hydrogens (tertiary/aromatic N) is 2. The van der Waals surface area contributed by atoms with Gasteiger partial charge in [0, 0.05) is 11.6 Å². The molecule has 3 aromatic carbocycles. The van der Waals surface area contributed by atoms with E-state index in [2.05, 4.69) is 10.3 Å². The molecular weight excluding hydrogens is 385 g/mol. The maximum atomic E-state index is 13.4. The minimum atomic E-state index is -0.328. The topological polar surface area (TPSA) is 65.4 Å². The van der Waals surface area contributed by atoms with Crippen molar-refractivity contribution in [2.24, 2.45) is 0 Å². The van der Waals surface area contributed by atoms with Crippen molar-refractivity contribution in [2.75, 3.05) is 19.5 Å². The number of hydrogen-bond acceptors (Lipinski definition) is 4. The number of aromatic nitrogens is 2.